The third kappa shape index (κ3) is 2.53. The molecule has 104 valence electrons. The van der Waals surface area contributed by atoms with E-state index < -0.39 is 0 Å². The number of hydrogen-bond acceptors (Lipinski definition) is 3. The van der Waals surface area contributed by atoms with Crippen LogP contribution in [0.5, 0.6) is 0 Å². The second kappa shape index (κ2) is 5.46. The van der Waals surface area contributed by atoms with E-state index in [-0.39, 0.29) is 27.8 Å². The van der Waals surface area contributed by atoms with E-state index in [9.17, 15) is 4.79 Å². The Morgan fingerprint density at radius 3 is 3.05 bits per heavy atom. The Hall–Kier alpha value is -1.52. The third-order valence-electron chi connectivity index (χ3n) is 3.38. The standard InChI is InChI=1S/C14H12Cl2N2O2/c15-9-4-5-12(16)18-13(9)14(19)17-10-2-1-3-11-8(10)6-7-20-11/h4-7,10H,1-3H2,(H,17,19). The predicted octanol–water partition coefficient (Wildman–Crippen LogP) is 3.79. The fourth-order valence-electron chi connectivity index (χ4n) is 2.44. The molecular weight excluding hydrogens is 299 g/mol. The highest BCUT2D eigenvalue weighted by atomic mass is 35.5. The summed E-state index contributed by atoms with van der Waals surface area (Å²) in [6.45, 7) is 0. The van der Waals surface area contributed by atoms with Crippen molar-refractivity contribution in [2.75, 3.05) is 0 Å². The number of fused-ring (bicyclic) bond motifs is 1. The molecule has 0 bridgehead atoms. The fourth-order valence-corrected chi connectivity index (χ4v) is 2.78. The molecule has 3 rings (SSSR count). The minimum Gasteiger partial charge on any atom is -0.469 e. The number of rotatable bonds is 2. The lowest BCUT2D eigenvalue weighted by Gasteiger charge is -2.22. The normalized spacial score (nSPS) is 17.6. The van der Waals surface area contributed by atoms with Crippen LogP contribution in [-0.2, 0) is 6.42 Å². The highest BCUT2D eigenvalue weighted by Gasteiger charge is 2.25. The number of carbonyl (C=O) groups excluding carboxylic acids is 1. The molecule has 4 nitrogen and oxygen atoms in total. The molecule has 0 radical (unpaired) electrons. The van der Waals surface area contributed by atoms with Gasteiger partial charge in [-0.15, -0.1) is 0 Å². The molecular formula is C14H12Cl2N2O2. The SMILES string of the molecule is O=C(NC1CCCc2occc21)c1nc(Cl)ccc1Cl. The van der Waals surface area contributed by atoms with Crippen LogP contribution in [0.15, 0.2) is 28.9 Å². The molecule has 2 heterocycles. The molecule has 0 spiro atoms. The Balaban J connectivity index is 1.82. The highest BCUT2D eigenvalue weighted by Crippen LogP contribution is 2.31. The van der Waals surface area contributed by atoms with Gasteiger partial charge in [-0.25, -0.2) is 4.98 Å². The van der Waals surface area contributed by atoms with Gasteiger partial charge in [-0.2, -0.15) is 0 Å². The average Bonchev–Trinajstić information content (AvgIpc) is 2.91. The summed E-state index contributed by atoms with van der Waals surface area (Å²) in [5, 5.41) is 3.47. The lowest BCUT2D eigenvalue weighted by atomic mass is 9.93. The Kier molecular flexibility index (Phi) is 3.68. The molecule has 1 aliphatic carbocycles. The maximum absolute atomic E-state index is 12.3. The lowest BCUT2D eigenvalue weighted by molar-refractivity contribution is 0.0927. The Morgan fingerprint density at radius 1 is 1.35 bits per heavy atom. The predicted molar refractivity (Wildman–Crippen MR) is 76.1 cm³/mol. The van der Waals surface area contributed by atoms with Crippen LogP contribution < -0.4 is 5.32 Å². The van der Waals surface area contributed by atoms with Crippen LogP contribution in [0.2, 0.25) is 10.2 Å². The number of carbonyl (C=O) groups is 1. The molecule has 0 aliphatic heterocycles. The van der Waals surface area contributed by atoms with Gasteiger partial charge in [0, 0.05) is 12.0 Å². The minimum absolute atomic E-state index is 0.0677. The number of nitrogens with zero attached hydrogens (tertiary/aromatic N) is 1. The van der Waals surface area contributed by atoms with Crippen LogP contribution in [-0.4, -0.2) is 10.9 Å². The molecule has 2 aromatic rings. The van der Waals surface area contributed by atoms with Gasteiger partial charge in [0.15, 0.2) is 0 Å². The van der Waals surface area contributed by atoms with E-state index in [0.717, 1.165) is 30.6 Å². The van der Waals surface area contributed by atoms with Gasteiger partial charge in [-0.05, 0) is 31.0 Å². The maximum Gasteiger partial charge on any atom is 0.271 e. The van der Waals surface area contributed by atoms with E-state index in [0.29, 0.717) is 0 Å². The highest BCUT2D eigenvalue weighted by molar-refractivity contribution is 6.34. The van der Waals surface area contributed by atoms with Crippen LogP contribution in [0.1, 0.15) is 40.7 Å². The van der Waals surface area contributed by atoms with Crippen molar-refractivity contribution in [2.24, 2.45) is 0 Å². The molecule has 1 N–H and O–H groups in total. The van der Waals surface area contributed by atoms with Gasteiger partial charge in [-0.3, -0.25) is 4.79 Å². The quantitative estimate of drug-likeness (QED) is 0.859. The van der Waals surface area contributed by atoms with Crippen LogP contribution in [0.25, 0.3) is 0 Å². The third-order valence-corrected chi connectivity index (χ3v) is 3.90. The maximum atomic E-state index is 12.3. The summed E-state index contributed by atoms with van der Waals surface area (Å²) in [6.07, 6.45) is 4.41. The summed E-state index contributed by atoms with van der Waals surface area (Å²) in [6, 6.07) is 4.94. The number of aromatic nitrogens is 1. The summed E-state index contributed by atoms with van der Waals surface area (Å²) in [7, 11) is 0. The van der Waals surface area contributed by atoms with E-state index >= 15 is 0 Å². The molecule has 1 unspecified atom stereocenters. The number of aryl methyl sites for hydroxylation is 1. The zero-order chi connectivity index (χ0) is 14.1. The second-order valence-corrected chi connectivity index (χ2v) is 5.48. The van der Waals surface area contributed by atoms with Crippen molar-refractivity contribution in [3.05, 3.63) is 51.7 Å². The van der Waals surface area contributed by atoms with Crippen LogP contribution >= 0.6 is 23.2 Å². The van der Waals surface area contributed by atoms with Crippen molar-refractivity contribution in [1.82, 2.24) is 10.3 Å². The zero-order valence-electron chi connectivity index (χ0n) is 10.5. The Labute approximate surface area is 126 Å². The van der Waals surface area contributed by atoms with Crippen molar-refractivity contribution < 1.29 is 9.21 Å². The molecule has 1 aliphatic rings. The first kappa shape index (κ1) is 13.5. The lowest BCUT2D eigenvalue weighted by Crippen LogP contribution is -2.31. The average molecular weight is 311 g/mol. The van der Waals surface area contributed by atoms with E-state index in [4.69, 9.17) is 27.6 Å². The number of hydrogen-bond donors (Lipinski definition) is 1. The zero-order valence-corrected chi connectivity index (χ0v) is 12.0. The summed E-state index contributed by atoms with van der Waals surface area (Å²) < 4.78 is 5.40. The van der Waals surface area contributed by atoms with Crippen molar-refractivity contribution in [2.45, 2.75) is 25.3 Å². The largest absolute Gasteiger partial charge is 0.469 e. The van der Waals surface area contributed by atoms with E-state index in [1.165, 1.54) is 0 Å². The van der Waals surface area contributed by atoms with Gasteiger partial charge in [0.25, 0.3) is 5.91 Å². The Morgan fingerprint density at radius 2 is 2.20 bits per heavy atom. The Bertz CT molecular complexity index is 654. The van der Waals surface area contributed by atoms with E-state index in [1.54, 1.807) is 18.4 Å². The molecule has 0 saturated heterocycles. The van der Waals surface area contributed by atoms with Crippen molar-refractivity contribution in [3.63, 3.8) is 0 Å². The minimum atomic E-state index is -0.323. The van der Waals surface area contributed by atoms with Gasteiger partial charge in [0.1, 0.15) is 16.6 Å². The first-order valence-corrected chi connectivity index (χ1v) is 7.10. The summed E-state index contributed by atoms with van der Waals surface area (Å²) in [4.78, 5) is 16.3. The van der Waals surface area contributed by atoms with Crippen molar-refractivity contribution in [3.8, 4) is 0 Å². The summed E-state index contributed by atoms with van der Waals surface area (Å²) in [5.74, 6) is 0.614. The first-order chi connectivity index (χ1) is 9.65. The topological polar surface area (TPSA) is 55.1 Å². The van der Waals surface area contributed by atoms with Crippen LogP contribution in [0.4, 0.5) is 0 Å². The number of pyridine rings is 1. The molecule has 0 aromatic carbocycles. The molecule has 1 atom stereocenters. The van der Waals surface area contributed by atoms with E-state index in [2.05, 4.69) is 10.3 Å². The number of halogens is 2. The molecule has 0 fully saturated rings. The van der Waals surface area contributed by atoms with Gasteiger partial charge in [0.05, 0.1) is 17.3 Å². The van der Waals surface area contributed by atoms with E-state index in [1.807, 2.05) is 6.07 Å². The van der Waals surface area contributed by atoms with Crippen LogP contribution in [0.3, 0.4) is 0 Å². The summed E-state index contributed by atoms with van der Waals surface area (Å²) in [5.41, 5.74) is 1.18. The van der Waals surface area contributed by atoms with Crippen molar-refractivity contribution >= 4 is 29.1 Å². The second-order valence-electron chi connectivity index (χ2n) is 4.68. The fraction of sp³-hybridized carbons (Fsp3) is 0.286. The van der Waals surface area contributed by atoms with Gasteiger partial charge in [-0.1, -0.05) is 23.2 Å². The molecule has 0 saturated carbocycles. The molecule has 2 aromatic heterocycles. The summed E-state index contributed by atoms with van der Waals surface area (Å²) >= 11 is 11.8. The number of amides is 1. The molecule has 20 heavy (non-hydrogen) atoms. The molecule has 6 heteroatoms. The van der Waals surface area contributed by atoms with Crippen LogP contribution in [0, 0.1) is 0 Å². The van der Waals surface area contributed by atoms with Gasteiger partial charge in [0.2, 0.25) is 0 Å². The van der Waals surface area contributed by atoms with Crippen molar-refractivity contribution in [1.29, 1.82) is 0 Å². The monoisotopic (exact) mass is 310 g/mol. The first-order valence-electron chi connectivity index (χ1n) is 6.34. The van der Waals surface area contributed by atoms with Gasteiger partial charge >= 0.3 is 0 Å². The number of nitrogens with one attached hydrogen (secondary N) is 1. The van der Waals surface area contributed by atoms with Gasteiger partial charge < -0.3 is 9.73 Å². The smallest absolute Gasteiger partial charge is 0.271 e. The molecule has 1 amide bonds. The number of furan rings is 1.